The summed E-state index contributed by atoms with van der Waals surface area (Å²) in [6, 6.07) is 1.78. The lowest BCUT2D eigenvalue weighted by Gasteiger charge is -2.32. The second-order valence-corrected chi connectivity index (χ2v) is 9.43. The number of hydrogen-bond donors (Lipinski definition) is 3. The van der Waals surface area contributed by atoms with E-state index in [1.807, 2.05) is 6.07 Å². The fourth-order valence-corrected chi connectivity index (χ4v) is 4.46. The van der Waals surface area contributed by atoms with Gasteiger partial charge in [0.2, 0.25) is 16.0 Å². The molecule has 1 fully saturated rings. The minimum atomic E-state index is -3.25. The van der Waals surface area contributed by atoms with Crippen molar-refractivity contribution >= 4 is 33.0 Å². The molecule has 12 heteroatoms. The zero-order valence-corrected chi connectivity index (χ0v) is 18.3. The molecule has 1 aliphatic rings. The van der Waals surface area contributed by atoms with Crippen LogP contribution in [-0.4, -0.2) is 83.3 Å². The number of hydrogen-bond acceptors (Lipinski definition) is 9. The van der Waals surface area contributed by atoms with E-state index in [4.69, 9.17) is 4.74 Å². The van der Waals surface area contributed by atoms with E-state index in [2.05, 4.69) is 35.6 Å². The van der Waals surface area contributed by atoms with Crippen LogP contribution < -0.4 is 10.6 Å². The van der Waals surface area contributed by atoms with E-state index in [-0.39, 0.29) is 7.47 Å². The van der Waals surface area contributed by atoms with Gasteiger partial charge in [-0.1, -0.05) is 0 Å². The standard InChI is InChI=1S/C19H26N8O3S.H2/c1-30-9-7-21-19-23-10-14(16-11-22-18-15(25-16)5-6-20-18)17(26-19)24-13-4-3-8-27(12-13)31(2,28)29;/h5-6,10-11,13H,3-4,7-9,12H2,1-2H3,(H,20,22)(H2,21,23,24,26);1H/t13-;/m0./s1. The smallest absolute Gasteiger partial charge is 0.224 e. The van der Waals surface area contributed by atoms with E-state index >= 15 is 0 Å². The molecule has 0 aromatic carbocycles. The molecule has 3 aromatic heterocycles. The third kappa shape index (κ3) is 5.09. The van der Waals surface area contributed by atoms with E-state index in [1.54, 1.807) is 25.7 Å². The van der Waals surface area contributed by atoms with Crippen LogP contribution in [0.3, 0.4) is 0 Å². The highest BCUT2D eigenvalue weighted by Gasteiger charge is 2.27. The van der Waals surface area contributed by atoms with Crippen molar-refractivity contribution in [3.8, 4) is 11.3 Å². The molecule has 4 rings (SSSR count). The molecular weight excluding hydrogens is 420 g/mol. The van der Waals surface area contributed by atoms with Crippen molar-refractivity contribution in [2.75, 3.05) is 50.2 Å². The van der Waals surface area contributed by atoms with E-state index in [0.29, 0.717) is 54.9 Å². The summed E-state index contributed by atoms with van der Waals surface area (Å²) in [5, 5.41) is 6.54. The Hall–Kier alpha value is -2.83. The van der Waals surface area contributed by atoms with Gasteiger partial charge in [0.1, 0.15) is 11.3 Å². The Morgan fingerprint density at radius 2 is 2.19 bits per heavy atom. The number of ether oxygens (including phenoxy) is 1. The monoisotopic (exact) mass is 448 g/mol. The Kier molecular flexibility index (Phi) is 6.30. The van der Waals surface area contributed by atoms with E-state index in [9.17, 15) is 8.42 Å². The SMILES string of the molecule is COCCNc1ncc(-c2cnc3[nH]ccc3n2)c(N[C@H]2CCCN(S(C)(=O)=O)C2)n1.[HH]. The van der Waals surface area contributed by atoms with Crippen molar-refractivity contribution in [3.63, 3.8) is 0 Å². The molecule has 0 aliphatic carbocycles. The first-order valence-electron chi connectivity index (χ1n) is 10.1. The normalized spacial score (nSPS) is 17.7. The molecule has 0 unspecified atom stereocenters. The number of methoxy groups -OCH3 is 1. The zero-order chi connectivity index (χ0) is 21.8. The lowest BCUT2D eigenvalue weighted by molar-refractivity contribution is 0.210. The quantitative estimate of drug-likeness (QED) is 0.438. The first-order valence-corrected chi connectivity index (χ1v) is 11.9. The minimum Gasteiger partial charge on any atom is -0.383 e. The van der Waals surface area contributed by atoms with Gasteiger partial charge in [-0.3, -0.25) is 0 Å². The van der Waals surface area contributed by atoms with Crippen LogP contribution in [0, 0.1) is 0 Å². The molecule has 3 N–H and O–H groups in total. The van der Waals surface area contributed by atoms with Crippen LogP contribution in [-0.2, 0) is 14.8 Å². The topological polar surface area (TPSA) is 138 Å². The zero-order valence-electron chi connectivity index (χ0n) is 17.5. The Labute approximate surface area is 182 Å². The molecule has 0 saturated carbocycles. The lowest BCUT2D eigenvalue weighted by atomic mass is 10.1. The second-order valence-electron chi connectivity index (χ2n) is 7.45. The van der Waals surface area contributed by atoms with Crippen molar-refractivity contribution in [1.82, 2.24) is 29.2 Å². The number of H-pyrrole nitrogens is 1. The van der Waals surface area contributed by atoms with Crippen LogP contribution in [0.15, 0.2) is 24.7 Å². The number of rotatable bonds is 8. The number of nitrogens with zero attached hydrogens (tertiary/aromatic N) is 5. The third-order valence-corrected chi connectivity index (χ3v) is 6.38. The third-order valence-electron chi connectivity index (χ3n) is 5.11. The maximum absolute atomic E-state index is 12.0. The molecule has 1 aliphatic heterocycles. The molecule has 0 amide bonds. The van der Waals surface area contributed by atoms with Gasteiger partial charge in [-0.25, -0.2) is 27.7 Å². The Bertz CT molecular complexity index is 1160. The highest BCUT2D eigenvalue weighted by molar-refractivity contribution is 7.88. The number of nitrogens with one attached hydrogen (secondary N) is 3. The van der Waals surface area contributed by atoms with E-state index < -0.39 is 10.0 Å². The summed E-state index contributed by atoms with van der Waals surface area (Å²) in [6.07, 6.45) is 8.01. The van der Waals surface area contributed by atoms with E-state index in [0.717, 1.165) is 18.4 Å². The van der Waals surface area contributed by atoms with Gasteiger partial charge in [-0.2, -0.15) is 4.98 Å². The Morgan fingerprint density at radius 3 is 3.00 bits per heavy atom. The van der Waals surface area contributed by atoms with Crippen molar-refractivity contribution in [2.45, 2.75) is 18.9 Å². The molecule has 0 radical (unpaired) electrons. The second kappa shape index (κ2) is 9.12. The van der Waals surface area contributed by atoms with Gasteiger partial charge >= 0.3 is 0 Å². The highest BCUT2D eigenvalue weighted by Crippen LogP contribution is 2.28. The maximum atomic E-state index is 12.0. The minimum absolute atomic E-state index is 0. The molecule has 31 heavy (non-hydrogen) atoms. The van der Waals surface area contributed by atoms with Gasteiger partial charge in [-0.15, -0.1) is 0 Å². The lowest BCUT2D eigenvalue weighted by Crippen LogP contribution is -2.44. The van der Waals surface area contributed by atoms with Gasteiger partial charge in [0.05, 0.1) is 30.3 Å². The average Bonchev–Trinajstić information content (AvgIpc) is 3.22. The largest absolute Gasteiger partial charge is 0.383 e. The summed E-state index contributed by atoms with van der Waals surface area (Å²) in [7, 11) is -1.62. The Morgan fingerprint density at radius 1 is 1.32 bits per heavy atom. The molecule has 4 heterocycles. The van der Waals surface area contributed by atoms with Crippen LogP contribution in [0.2, 0.25) is 0 Å². The molecule has 3 aromatic rings. The van der Waals surface area contributed by atoms with Crippen LogP contribution in [0.4, 0.5) is 11.8 Å². The van der Waals surface area contributed by atoms with Gasteiger partial charge in [0.25, 0.3) is 0 Å². The molecule has 1 atom stereocenters. The fourth-order valence-electron chi connectivity index (χ4n) is 3.54. The predicted octanol–water partition coefficient (Wildman–Crippen LogP) is 1.56. The molecule has 0 bridgehead atoms. The predicted molar refractivity (Wildman–Crippen MR) is 120 cm³/mol. The van der Waals surface area contributed by atoms with Gasteiger partial charge in [0, 0.05) is 46.6 Å². The van der Waals surface area contributed by atoms with E-state index in [1.165, 1.54) is 10.6 Å². The number of aromatic nitrogens is 5. The average molecular weight is 449 g/mol. The first kappa shape index (κ1) is 21.4. The number of piperidine rings is 1. The first-order chi connectivity index (χ1) is 14.9. The van der Waals surface area contributed by atoms with Crippen LogP contribution >= 0.6 is 0 Å². The number of anilines is 2. The van der Waals surface area contributed by atoms with Crippen molar-refractivity contribution in [3.05, 3.63) is 24.7 Å². The molecule has 1 saturated heterocycles. The summed E-state index contributed by atoms with van der Waals surface area (Å²) in [5.74, 6) is 1.04. The maximum Gasteiger partial charge on any atom is 0.224 e. The summed E-state index contributed by atoms with van der Waals surface area (Å²) in [5.41, 5.74) is 2.78. The summed E-state index contributed by atoms with van der Waals surface area (Å²) < 4.78 is 30.6. The van der Waals surface area contributed by atoms with Gasteiger partial charge in [0.15, 0.2) is 5.65 Å². The molecular formula is C19H28N8O3S. The summed E-state index contributed by atoms with van der Waals surface area (Å²) >= 11 is 0. The fraction of sp³-hybridized carbons (Fsp3) is 0.474. The van der Waals surface area contributed by atoms with Crippen molar-refractivity contribution < 1.29 is 14.6 Å². The van der Waals surface area contributed by atoms with Crippen molar-refractivity contribution in [2.24, 2.45) is 0 Å². The number of sulfonamides is 1. The number of aromatic amines is 1. The van der Waals surface area contributed by atoms with Crippen LogP contribution in [0.5, 0.6) is 0 Å². The van der Waals surface area contributed by atoms with Gasteiger partial charge < -0.3 is 20.4 Å². The Balaban J connectivity index is 0.00000289. The van der Waals surface area contributed by atoms with Crippen molar-refractivity contribution in [1.29, 1.82) is 0 Å². The van der Waals surface area contributed by atoms with Crippen LogP contribution in [0.1, 0.15) is 14.3 Å². The summed E-state index contributed by atoms with van der Waals surface area (Å²) in [4.78, 5) is 21.1. The number of fused-ring (bicyclic) bond motifs is 1. The van der Waals surface area contributed by atoms with Gasteiger partial charge in [-0.05, 0) is 18.9 Å². The van der Waals surface area contributed by atoms with Crippen LogP contribution in [0.25, 0.3) is 22.4 Å². The molecule has 168 valence electrons. The molecule has 11 nitrogen and oxygen atoms in total. The highest BCUT2D eigenvalue weighted by atomic mass is 32.2. The molecule has 0 spiro atoms. The summed E-state index contributed by atoms with van der Waals surface area (Å²) in [6.45, 7) is 2.01.